The van der Waals surface area contributed by atoms with Crippen molar-refractivity contribution in [3.63, 3.8) is 0 Å². The highest BCUT2D eigenvalue weighted by Crippen LogP contribution is 2.16. The fourth-order valence-corrected chi connectivity index (χ4v) is 2.55. The molecule has 3 aromatic rings. The van der Waals surface area contributed by atoms with Gasteiger partial charge in [-0.15, -0.1) is 0 Å². The molecular formula is C19H16N2O3. The number of carbonyl (C=O) groups is 1. The molecule has 2 aromatic carbocycles. The molecule has 0 spiro atoms. The summed E-state index contributed by atoms with van der Waals surface area (Å²) in [5.74, 6) is -0.198. The number of rotatable bonds is 3. The largest absolute Gasteiger partial charge is 0.330 e. The van der Waals surface area contributed by atoms with Crippen molar-refractivity contribution in [2.24, 2.45) is 14.1 Å². The maximum absolute atomic E-state index is 12.3. The Morgan fingerprint density at radius 1 is 1.00 bits per heavy atom. The molecule has 0 fully saturated rings. The van der Waals surface area contributed by atoms with Crippen LogP contribution in [0.5, 0.6) is 0 Å². The summed E-state index contributed by atoms with van der Waals surface area (Å²) in [6, 6.07) is 13.3. The smallest absolute Gasteiger partial charge is 0.303 e. The van der Waals surface area contributed by atoms with E-state index in [1.54, 1.807) is 13.1 Å². The van der Waals surface area contributed by atoms with Crippen LogP contribution in [0.2, 0.25) is 0 Å². The van der Waals surface area contributed by atoms with Gasteiger partial charge in [0.25, 0.3) is 5.56 Å². The van der Waals surface area contributed by atoms with E-state index in [4.69, 9.17) is 0 Å². The molecule has 0 amide bonds. The van der Waals surface area contributed by atoms with E-state index in [9.17, 15) is 14.4 Å². The van der Waals surface area contributed by atoms with Crippen LogP contribution in [0, 0.1) is 0 Å². The van der Waals surface area contributed by atoms with Gasteiger partial charge in [-0.2, -0.15) is 0 Å². The highest BCUT2D eigenvalue weighted by molar-refractivity contribution is 6.08. The van der Waals surface area contributed by atoms with Gasteiger partial charge >= 0.3 is 5.69 Å². The molecule has 24 heavy (non-hydrogen) atoms. The van der Waals surface area contributed by atoms with E-state index in [0.29, 0.717) is 5.56 Å². The van der Waals surface area contributed by atoms with Gasteiger partial charge in [-0.1, -0.05) is 36.4 Å². The zero-order valence-electron chi connectivity index (χ0n) is 13.4. The van der Waals surface area contributed by atoms with Gasteiger partial charge in [0.15, 0.2) is 5.78 Å². The lowest BCUT2D eigenvalue weighted by Gasteiger charge is -2.03. The first-order valence-corrected chi connectivity index (χ1v) is 7.45. The van der Waals surface area contributed by atoms with Gasteiger partial charge in [-0.05, 0) is 29.0 Å². The number of hydrogen-bond acceptors (Lipinski definition) is 3. The molecule has 1 aromatic heterocycles. The summed E-state index contributed by atoms with van der Waals surface area (Å²) in [6.45, 7) is 0. The topological polar surface area (TPSA) is 61.1 Å². The van der Waals surface area contributed by atoms with Crippen LogP contribution >= 0.6 is 0 Å². The predicted molar refractivity (Wildman–Crippen MR) is 94.2 cm³/mol. The standard InChI is InChI=1S/C19H16N2O3/c1-20-12-16(18(23)21(2)19(20)24)9-10-17(22)15-8-7-13-5-3-4-6-14(13)11-15/h3-12H,1-2H3/b10-9+. The Bertz CT molecular complexity index is 1090. The highest BCUT2D eigenvalue weighted by atomic mass is 16.2. The minimum atomic E-state index is -0.430. The van der Waals surface area contributed by atoms with Crippen LogP contribution in [-0.4, -0.2) is 14.9 Å². The van der Waals surface area contributed by atoms with Crippen molar-refractivity contribution in [1.29, 1.82) is 0 Å². The van der Waals surface area contributed by atoms with E-state index < -0.39 is 11.2 Å². The molecule has 0 aliphatic rings. The Balaban J connectivity index is 1.95. The number of nitrogens with zero attached hydrogens (tertiary/aromatic N) is 2. The van der Waals surface area contributed by atoms with Gasteiger partial charge in [-0.3, -0.25) is 14.2 Å². The Morgan fingerprint density at radius 3 is 2.46 bits per heavy atom. The van der Waals surface area contributed by atoms with E-state index in [2.05, 4.69) is 0 Å². The first-order valence-electron chi connectivity index (χ1n) is 7.45. The molecular weight excluding hydrogens is 304 g/mol. The SMILES string of the molecule is Cn1cc(/C=C/C(=O)c2ccc3ccccc3c2)c(=O)n(C)c1=O. The quantitative estimate of drug-likeness (QED) is 0.549. The van der Waals surface area contributed by atoms with Crippen LogP contribution in [0.3, 0.4) is 0 Å². The summed E-state index contributed by atoms with van der Waals surface area (Å²) in [5, 5.41) is 2.04. The molecule has 5 nitrogen and oxygen atoms in total. The Labute approximate surface area is 138 Å². The summed E-state index contributed by atoms with van der Waals surface area (Å²) in [7, 11) is 2.97. The number of hydrogen-bond donors (Lipinski definition) is 0. The summed E-state index contributed by atoms with van der Waals surface area (Å²) in [4.78, 5) is 36.1. The van der Waals surface area contributed by atoms with Crippen molar-refractivity contribution in [2.75, 3.05) is 0 Å². The molecule has 0 unspecified atom stereocenters. The zero-order valence-corrected chi connectivity index (χ0v) is 13.4. The molecule has 0 saturated carbocycles. The molecule has 5 heteroatoms. The van der Waals surface area contributed by atoms with Crippen LogP contribution in [0.1, 0.15) is 15.9 Å². The number of benzene rings is 2. The third-order valence-electron chi connectivity index (χ3n) is 3.92. The second kappa shape index (κ2) is 6.12. The van der Waals surface area contributed by atoms with Crippen molar-refractivity contribution in [3.05, 3.63) is 86.7 Å². The van der Waals surface area contributed by atoms with E-state index in [-0.39, 0.29) is 11.3 Å². The fraction of sp³-hybridized carbons (Fsp3) is 0.105. The number of aromatic nitrogens is 2. The molecule has 0 saturated heterocycles. The fourth-order valence-electron chi connectivity index (χ4n) is 2.55. The minimum Gasteiger partial charge on any atom is -0.303 e. The van der Waals surface area contributed by atoms with Gasteiger partial charge in [0.05, 0.1) is 5.56 Å². The predicted octanol–water partition coefficient (Wildman–Crippen LogP) is 2.13. The molecule has 0 bridgehead atoms. The van der Waals surface area contributed by atoms with Crippen LogP contribution in [0.15, 0.2) is 64.3 Å². The number of ketones is 1. The normalized spacial score (nSPS) is 11.2. The van der Waals surface area contributed by atoms with Crippen LogP contribution in [0.4, 0.5) is 0 Å². The maximum Gasteiger partial charge on any atom is 0.330 e. The van der Waals surface area contributed by atoms with Crippen molar-refractivity contribution in [2.45, 2.75) is 0 Å². The van der Waals surface area contributed by atoms with E-state index in [0.717, 1.165) is 15.3 Å². The molecule has 3 rings (SSSR count). The third kappa shape index (κ3) is 2.84. The van der Waals surface area contributed by atoms with E-state index >= 15 is 0 Å². The lowest BCUT2D eigenvalue weighted by atomic mass is 10.0. The zero-order chi connectivity index (χ0) is 17.3. The number of allylic oxidation sites excluding steroid dienone is 1. The lowest BCUT2D eigenvalue weighted by molar-refractivity contribution is 0.104. The monoisotopic (exact) mass is 320 g/mol. The van der Waals surface area contributed by atoms with Gasteiger partial charge in [0.1, 0.15) is 0 Å². The Morgan fingerprint density at radius 2 is 1.71 bits per heavy atom. The van der Waals surface area contributed by atoms with Gasteiger partial charge in [0.2, 0.25) is 0 Å². The average Bonchev–Trinajstić information content (AvgIpc) is 2.61. The van der Waals surface area contributed by atoms with Crippen molar-refractivity contribution in [1.82, 2.24) is 9.13 Å². The summed E-state index contributed by atoms with van der Waals surface area (Å²) >= 11 is 0. The third-order valence-corrected chi connectivity index (χ3v) is 3.92. The second-order valence-corrected chi connectivity index (χ2v) is 5.60. The number of aryl methyl sites for hydroxylation is 1. The lowest BCUT2D eigenvalue weighted by Crippen LogP contribution is -2.37. The van der Waals surface area contributed by atoms with Crippen LogP contribution < -0.4 is 11.2 Å². The molecule has 0 radical (unpaired) electrons. The summed E-state index contributed by atoms with van der Waals surface area (Å²) < 4.78 is 2.32. The van der Waals surface area contributed by atoms with Gasteiger partial charge in [0, 0.05) is 25.9 Å². The Hall–Kier alpha value is -3.21. The van der Waals surface area contributed by atoms with E-state index in [1.165, 1.54) is 30.0 Å². The summed E-state index contributed by atoms with van der Waals surface area (Å²) in [5.41, 5.74) is -0.000926. The average molecular weight is 320 g/mol. The molecule has 0 N–H and O–H groups in total. The first-order chi connectivity index (χ1) is 11.5. The Kier molecular flexibility index (Phi) is 4.00. The second-order valence-electron chi connectivity index (χ2n) is 5.60. The van der Waals surface area contributed by atoms with Crippen LogP contribution in [0.25, 0.3) is 16.8 Å². The first kappa shape index (κ1) is 15.7. The highest BCUT2D eigenvalue weighted by Gasteiger charge is 2.06. The number of carbonyl (C=O) groups excluding carboxylic acids is 1. The maximum atomic E-state index is 12.3. The molecule has 1 heterocycles. The van der Waals surface area contributed by atoms with Crippen molar-refractivity contribution >= 4 is 22.6 Å². The molecule has 0 atom stereocenters. The molecule has 120 valence electrons. The minimum absolute atomic E-state index is 0.198. The van der Waals surface area contributed by atoms with Crippen molar-refractivity contribution < 1.29 is 4.79 Å². The van der Waals surface area contributed by atoms with E-state index in [1.807, 2.05) is 36.4 Å². The molecule has 0 aliphatic carbocycles. The van der Waals surface area contributed by atoms with Crippen molar-refractivity contribution in [3.8, 4) is 0 Å². The molecule has 0 aliphatic heterocycles. The summed E-state index contributed by atoms with van der Waals surface area (Å²) in [6.07, 6.45) is 4.22. The van der Waals surface area contributed by atoms with Crippen LogP contribution in [-0.2, 0) is 14.1 Å². The van der Waals surface area contributed by atoms with Gasteiger partial charge < -0.3 is 4.57 Å². The number of fused-ring (bicyclic) bond motifs is 1. The van der Waals surface area contributed by atoms with Gasteiger partial charge in [-0.25, -0.2) is 4.79 Å².